The van der Waals surface area contributed by atoms with E-state index >= 15 is 0 Å². The predicted octanol–water partition coefficient (Wildman–Crippen LogP) is 2.08. The van der Waals surface area contributed by atoms with Gasteiger partial charge < -0.3 is 10.6 Å². The highest BCUT2D eigenvalue weighted by atomic mass is 19.1. The van der Waals surface area contributed by atoms with Crippen molar-refractivity contribution >= 4 is 17.5 Å². The summed E-state index contributed by atoms with van der Waals surface area (Å²) in [4.78, 5) is 23.9. The van der Waals surface area contributed by atoms with E-state index < -0.39 is 23.4 Å². The van der Waals surface area contributed by atoms with Gasteiger partial charge in [-0.15, -0.1) is 0 Å². The molecule has 0 saturated heterocycles. The van der Waals surface area contributed by atoms with Crippen molar-refractivity contribution in [2.75, 3.05) is 5.32 Å². The van der Waals surface area contributed by atoms with Crippen molar-refractivity contribution in [2.24, 2.45) is 0 Å². The molecule has 0 atom stereocenters. The molecular weight excluding hydrogens is 294 g/mol. The third kappa shape index (κ3) is 3.46. The van der Waals surface area contributed by atoms with Crippen LogP contribution in [0, 0.1) is 11.6 Å². The van der Waals surface area contributed by atoms with Crippen molar-refractivity contribution in [2.45, 2.75) is 19.9 Å². The van der Waals surface area contributed by atoms with Crippen LogP contribution in [0.15, 0.2) is 24.4 Å². The third-order valence-electron chi connectivity index (χ3n) is 2.70. The lowest BCUT2D eigenvalue weighted by Crippen LogP contribution is -2.31. The normalized spacial score (nSPS) is 10.6. The maximum atomic E-state index is 13.6. The maximum absolute atomic E-state index is 13.6. The first-order valence-corrected chi connectivity index (χ1v) is 6.49. The topological polar surface area (TPSA) is 86.9 Å². The minimum atomic E-state index is -0.992. The summed E-state index contributed by atoms with van der Waals surface area (Å²) in [6, 6.07) is 2.49. The van der Waals surface area contributed by atoms with E-state index in [0.717, 1.165) is 12.1 Å². The number of rotatable bonds is 4. The molecule has 0 spiro atoms. The molecular formula is C14H14F2N4O2. The second kappa shape index (κ2) is 6.33. The van der Waals surface area contributed by atoms with Gasteiger partial charge in [-0.1, -0.05) is 0 Å². The second-order valence-corrected chi connectivity index (χ2v) is 4.85. The Kier molecular flexibility index (Phi) is 4.50. The van der Waals surface area contributed by atoms with Gasteiger partial charge in [0.05, 0.1) is 11.3 Å². The first-order chi connectivity index (χ1) is 10.4. The molecule has 2 rings (SSSR count). The summed E-state index contributed by atoms with van der Waals surface area (Å²) in [7, 11) is 0. The van der Waals surface area contributed by atoms with Crippen LogP contribution in [0.2, 0.25) is 0 Å². The van der Waals surface area contributed by atoms with Gasteiger partial charge in [0.15, 0.2) is 5.69 Å². The van der Waals surface area contributed by atoms with Crippen LogP contribution >= 0.6 is 0 Å². The number of hydrogen-bond acceptors (Lipinski definition) is 3. The number of nitrogens with zero attached hydrogens (tertiary/aromatic N) is 1. The number of halogens is 2. The Hall–Kier alpha value is -2.77. The van der Waals surface area contributed by atoms with Crippen LogP contribution in [0.4, 0.5) is 14.5 Å². The number of amides is 2. The highest BCUT2D eigenvalue weighted by molar-refractivity contribution is 6.08. The van der Waals surface area contributed by atoms with Crippen LogP contribution in [-0.4, -0.2) is 28.1 Å². The molecule has 8 heteroatoms. The smallest absolute Gasteiger partial charge is 0.274 e. The Morgan fingerprint density at radius 1 is 1.23 bits per heavy atom. The summed E-state index contributed by atoms with van der Waals surface area (Å²) < 4.78 is 26.4. The number of H-pyrrole nitrogens is 1. The van der Waals surface area contributed by atoms with E-state index in [1.54, 1.807) is 13.8 Å². The molecule has 22 heavy (non-hydrogen) atoms. The average Bonchev–Trinajstić information content (AvgIpc) is 2.85. The SMILES string of the molecule is CC(C)NC(=O)c1n[nH]cc1NC(=O)c1ccc(F)cc1F. The van der Waals surface area contributed by atoms with Crippen LogP contribution in [0.5, 0.6) is 0 Å². The van der Waals surface area contributed by atoms with Crippen molar-refractivity contribution in [3.05, 3.63) is 47.3 Å². The van der Waals surface area contributed by atoms with Crippen LogP contribution in [0.25, 0.3) is 0 Å². The van der Waals surface area contributed by atoms with Crippen molar-refractivity contribution in [3.8, 4) is 0 Å². The highest BCUT2D eigenvalue weighted by Gasteiger charge is 2.19. The Balaban J connectivity index is 2.19. The Morgan fingerprint density at radius 2 is 1.95 bits per heavy atom. The number of benzene rings is 1. The lowest BCUT2D eigenvalue weighted by Gasteiger charge is -2.09. The van der Waals surface area contributed by atoms with Crippen molar-refractivity contribution in [1.82, 2.24) is 15.5 Å². The average molecular weight is 308 g/mol. The minimum Gasteiger partial charge on any atom is -0.348 e. The Bertz CT molecular complexity index is 713. The number of aromatic nitrogens is 2. The molecule has 0 saturated carbocycles. The quantitative estimate of drug-likeness (QED) is 0.808. The fraction of sp³-hybridized carbons (Fsp3) is 0.214. The number of hydrogen-bond donors (Lipinski definition) is 3. The predicted molar refractivity (Wildman–Crippen MR) is 75.5 cm³/mol. The number of aromatic amines is 1. The van der Waals surface area contributed by atoms with E-state index in [4.69, 9.17) is 0 Å². The van der Waals surface area contributed by atoms with Gasteiger partial charge in [0.25, 0.3) is 11.8 Å². The van der Waals surface area contributed by atoms with Gasteiger partial charge in [-0.25, -0.2) is 8.78 Å². The number of carbonyl (C=O) groups excluding carboxylic acids is 2. The summed E-state index contributed by atoms with van der Waals surface area (Å²) in [5, 5.41) is 11.2. The third-order valence-corrected chi connectivity index (χ3v) is 2.70. The molecule has 0 bridgehead atoms. The molecule has 1 aromatic carbocycles. The summed E-state index contributed by atoms with van der Waals surface area (Å²) in [6.45, 7) is 3.55. The summed E-state index contributed by atoms with van der Waals surface area (Å²) in [5.41, 5.74) is -0.255. The summed E-state index contributed by atoms with van der Waals surface area (Å²) in [6.07, 6.45) is 1.30. The van der Waals surface area contributed by atoms with Crippen LogP contribution in [-0.2, 0) is 0 Å². The van der Waals surface area contributed by atoms with E-state index in [0.29, 0.717) is 6.07 Å². The van der Waals surface area contributed by atoms with Gasteiger partial charge in [0.1, 0.15) is 11.6 Å². The zero-order valence-electron chi connectivity index (χ0n) is 11.9. The summed E-state index contributed by atoms with van der Waals surface area (Å²) >= 11 is 0. The lowest BCUT2D eigenvalue weighted by molar-refractivity contribution is 0.0939. The van der Waals surface area contributed by atoms with E-state index in [1.165, 1.54) is 6.20 Å². The zero-order valence-corrected chi connectivity index (χ0v) is 11.9. The largest absolute Gasteiger partial charge is 0.348 e. The molecule has 2 amide bonds. The van der Waals surface area contributed by atoms with E-state index in [9.17, 15) is 18.4 Å². The molecule has 0 aliphatic carbocycles. The number of anilines is 1. The van der Waals surface area contributed by atoms with E-state index in [2.05, 4.69) is 20.8 Å². The van der Waals surface area contributed by atoms with Crippen molar-refractivity contribution < 1.29 is 18.4 Å². The van der Waals surface area contributed by atoms with Gasteiger partial charge in [-0.05, 0) is 26.0 Å². The first kappa shape index (κ1) is 15.6. The molecule has 3 N–H and O–H groups in total. The van der Waals surface area contributed by atoms with Gasteiger partial charge in [0, 0.05) is 18.3 Å². The van der Waals surface area contributed by atoms with Gasteiger partial charge >= 0.3 is 0 Å². The Morgan fingerprint density at radius 3 is 2.59 bits per heavy atom. The van der Waals surface area contributed by atoms with Gasteiger partial charge in [-0.3, -0.25) is 14.7 Å². The minimum absolute atomic E-state index is 0.0235. The molecule has 116 valence electrons. The fourth-order valence-electron chi connectivity index (χ4n) is 1.75. The lowest BCUT2D eigenvalue weighted by atomic mass is 10.2. The maximum Gasteiger partial charge on any atom is 0.274 e. The van der Waals surface area contributed by atoms with Crippen LogP contribution < -0.4 is 10.6 Å². The molecule has 1 aromatic heterocycles. The monoisotopic (exact) mass is 308 g/mol. The Labute approximate surface area is 124 Å². The van der Waals surface area contributed by atoms with Gasteiger partial charge in [-0.2, -0.15) is 5.10 Å². The first-order valence-electron chi connectivity index (χ1n) is 6.49. The van der Waals surface area contributed by atoms with E-state index in [-0.39, 0.29) is 23.0 Å². The molecule has 0 fully saturated rings. The molecule has 0 aliphatic heterocycles. The van der Waals surface area contributed by atoms with Gasteiger partial charge in [0.2, 0.25) is 0 Å². The molecule has 2 aromatic rings. The van der Waals surface area contributed by atoms with Crippen LogP contribution in [0.3, 0.4) is 0 Å². The standard InChI is InChI=1S/C14H14F2N4O2/c1-7(2)18-14(22)12-11(6-17-20-12)19-13(21)9-4-3-8(15)5-10(9)16/h3-7H,1-2H3,(H,17,20)(H,18,22)(H,19,21). The summed E-state index contributed by atoms with van der Waals surface area (Å²) in [5.74, 6) is -3.06. The van der Waals surface area contributed by atoms with E-state index in [1.807, 2.05) is 0 Å². The second-order valence-electron chi connectivity index (χ2n) is 4.85. The molecule has 6 nitrogen and oxygen atoms in total. The molecule has 1 heterocycles. The molecule has 0 radical (unpaired) electrons. The van der Waals surface area contributed by atoms with Crippen molar-refractivity contribution in [1.29, 1.82) is 0 Å². The molecule has 0 unspecified atom stereocenters. The number of carbonyl (C=O) groups is 2. The number of nitrogens with one attached hydrogen (secondary N) is 3. The fourth-order valence-corrected chi connectivity index (χ4v) is 1.75. The zero-order chi connectivity index (χ0) is 16.3. The van der Waals surface area contributed by atoms with Crippen molar-refractivity contribution in [3.63, 3.8) is 0 Å². The van der Waals surface area contributed by atoms with Crippen LogP contribution in [0.1, 0.15) is 34.7 Å². The molecule has 0 aliphatic rings. The highest BCUT2D eigenvalue weighted by Crippen LogP contribution is 2.15.